The molecule has 130 valence electrons. The number of aryl methyl sites for hydroxylation is 1. The number of aromatic nitrogens is 1. The van der Waals surface area contributed by atoms with Gasteiger partial charge in [-0.1, -0.05) is 22.9 Å². The van der Waals surface area contributed by atoms with Gasteiger partial charge in [-0.3, -0.25) is 9.59 Å². The second-order valence-electron chi connectivity index (χ2n) is 6.88. The molecule has 2 fully saturated rings. The Labute approximate surface area is 146 Å². The second kappa shape index (κ2) is 6.35. The SMILES string of the molecule is Cc1ccc(N2CCCC(NC(=O)c3conc3C3CC3)C2=O)cc1. The highest BCUT2D eigenvalue weighted by Gasteiger charge is 2.35. The van der Waals surface area contributed by atoms with E-state index >= 15 is 0 Å². The van der Waals surface area contributed by atoms with Gasteiger partial charge in [0.05, 0.1) is 5.69 Å². The standard InChI is InChI=1S/C19H21N3O3/c1-12-4-8-14(9-5-12)22-10-2-3-16(19(22)24)20-18(23)15-11-25-21-17(15)13-6-7-13/h4-5,8-9,11,13,16H,2-3,6-7,10H2,1H3,(H,20,23). The molecule has 1 atom stereocenters. The Kier molecular flexibility index (Phi) is 4.03. The molecule has 0 radical (unpaired) electrons. The molecule has 1 unspecified atom stereocenters. The van der Waals surface area contributed by atoms with Crippen LogP contribution in [-0.2, 0) is 4.79 Å². The number of hydrogen-bond acceptors (Lipinski definition) is 4. The van der Waals surface area contributed by atoms with Crippen molar-refractivity contribution in [2.45, 2.75) is 44.6 Å². The third-order valence-corrected chi connectivity index (χ3v) is 4.90. The lowest BCUT2D eigenvalue weighted by atomic mass is 10.0. The van der Waals surface area contributed by atoms with E-state index in [2.05, 4.69) is 10.5 Å². The maximum absolute atomic E-state index is 12.8. The summed E-state index contributed by atoms with van der Waals surface area (Å²) >= 11 is 0. The van der Waals surface area contributed by atoms with E-state index in [1.807, 2.05) is 31.2 Å². The minimum atomic E-state index is -0.510. The Morgan fingerprint density at radius 2 is 2.00 bits per heavy atom. The molecule has 1 saturated heterocycles. The van der Waals surface area contributed by atoms with Gasteiger partial charge >= 0.3 is 0 Å². The normalized spacial score (nSPS) is 20.6. The molecule has 1 aliphatic heterocycles. The number of piperidine rings is 1. The zero-order chi connectivity index (χ0) is 17.4. The summed E-state index contributed by atoms with van der Waals surface area (Å²) in [6.45, 7) is 2.69. The molecule has 1 aromatic carbocycles. The first-order valence-electron chi connectivity index (χ1n) is 8.76. The number of benzene rings is 1. The average Bonchev–Trinajstić information content (AvgIpc) is 3.34. The molecule has 6 nitrogen and oxygen atoms in total. The number of carbonyl (C=O) groups is 2. The average molecular weight is 339 g/mol. The van der Waals surface area contributed by atoms with Crippen molar-refractivity contribution in [3.63, 3.8) is 0 Å². The maximum Gasteiger partial charge on any atom is 0.257 e. The summed E-state index contributed by atoms with van der Waals surface area (Å²) in [5.74, 6) is -0.00857. The van der Waals surface area contributed by atoms with Crippen molar-refractivity contribution >= 4 is 17.5 Å². The van der Waals surface area contributed by atoms with Crippen LogP contribution in [0.25, 0.3) is 0 Å². The van der Waals surface area contributed by atoms with Gasteiger partial charge in [0.1, 0.15) is 17.9 Å². The van der Waals surface area contributed by atoms with Crippen LogP contribution in [0.3, 0.4) is 0 Å². The molecular weight excluding hydrogens is 318 g/mol. The van der Waals surface area contributed by atoms with Crippen LogP contribution >= 0.6 is 0 Å². The second-order valence-corrected chi connectivity index (χ2v) is 6.88. The van der Waals surface area contributed by atoms with Gasteiger partial charge in [0.2, 0.25) is 5.91 Å². The molecule has 2 aliphatic rings. The predicted molar refractivity (Wildman–Crippen MR) is 92.5 cm³/mol. The van der Waals surface area contributed by atoms with E-state index < -0.39 is 6.04 Å². The van der Waals surface area contributed by atoms with E-state index in [1.54, 1.807) is 4.90 Å². The Bertz CT molecular complexity index is 793. The number of anilines is 1. The molecule has 2 aromatic rings. The fourth-order valence-corrected chi connectivity index (χ4v) is 3.29. The number of carbonyl (C=O) groups excluding carboxylic acids is 2. The minimum absolute atomic E-state index is 0.0621. The van der Waals surface area contributed by atoms with E-state index in [0.29, 0.717) is 24.4 Å². The largest absolute Gasteiger partial charge is 0.364 e. The monoisotopic (exact) mass is 339 g/mol. The topological polar surface area (TPSA) is 75.4 Å². The van der Waals surface area contributed by atoms with Gasteiger partial charge in [-0.05, 0) is 44.7 Å². The Morgan fingerprint density at radius 3 is 2.72 bits per heavy atom. The molecule has 2 amide bonds. The van der Waals surface area contributed by atoms with Crippen molar-refractivity contribution in [1.29, 1.82) is 0 Å². The highest BCUT2D eigenvalue weighted by molar-refractivity contribution is 6.03. The van der Waals surface area contributed by atoms with Gasteiger partial charge in [0.25, 0.3) is 5.91 Å². The fraction of sp³-hybridized carbons (Fsp3) is 0.421. The van der Waals surface area contributed by atoms with Crippen LogP contribution in [0, 0.1) is 6.92 Å². The summed E-state index contributed by atoms with van der Waals surface area (Å²) in [7, 11) is 0. The van der Waals surface area contributed by atoms with E-state index in [1.165, 1.54) is 6.26 Å². The van der Waals surface area contributed by atoms with Crippen molar-refractivity contribution in [2.24, 2.45) is 0 Å². The molecule has 1 aromatic heterocycles. The van der Waals surface area contributed by atoms with Crippen molar-refractivity contribution in [1.82, 2.24) is 10.5 Å². The van der Waals surface area contributed by atoms with Crippen molar-refractivity contribution in [3.05, 3.63) is 47.3 Å². The van der Waals surface area contributed by atoms with Gasteiger partial charge in [0.15, 0.2) is 0 Å². The van der Waals surface area contributed by atoms with Crippen LogP contribution in [0.1, 0.15) is 53.2 Å². The molecule has 1 saturated carbocycles. The van der Waals surface area contributed by atoms with Crippen molar-refractivity contribution in [2.75, 3.05) is 11.4 Å². The number of nitrogens with zero attached hydrogens (tertiary/aromatic N) is 2. The number of hydrogen-bond donors (Lipinski definition) is 1. The number of nitrogens with one attached hydrogen (secondary N) is 1. The number of rotatable bonds is 4. The van der Waals surface area contributed by atoms with Crippen LogP contribution in [0.15, 0.2) is 35.1 Å². The quantitative estimate of drug-likeness (QED) is 0.929. The van der Waals surface area contributed by atoms with Crippen LogP contribution in [0.4, 0.5) is 5.69 Å². The summed E-state index contributed by atoms with van der Waals surface area (Å²) in [5.41, 5.74) is 3.20. The number of amides is 2. The van der Waals surface area contributed by atoms with E-state index in [-0.39, 0.29) is 11.8 Å². The highest BCUT2D eigenvalue weighted by atomic mass is 16.5. The van der Waals surface area contributed by atoms with Crippen molar-refractivity contribution in [3.8, 4) is 0 Å². The third kappa shape index (κ3) is 3.16. The summed E-state index contributed by atoms with van der Waals surface area (Å²) in [5, 5.41) is 6.83. The molecule has 2 heterocycles. The molecule has 6 heteroatoms. The Balaban J connectivity index is 1.48. The van der Waals surface area contributed by atoms with Crippen LogP contribution in [0.2, 0.25) is 0 Å². The molecule has 4 rings (SSSR count). The van der Waals surface area contributed by atoms with E-state index in [0.717, 1.165) is 36.2 Å². The van der Waals surface area contributed by atoms with Crippen LogP contribution in [0.5, 0.6) is 0 Å². The van der Waals surface area contributed by atoms with Gasteiger partial charge in [0, 0.05) is 18.2 Å². The summed E-state index contributed by atoms with van der Waals surface area (Å²) in [6, 6.07) is 7.36. The van der Waals surface area contributed by atoms with E-state index in [4.69, 9.17) is 4.52 Å². The first-order chi connectivity index (χ1) is 12.1. The van der Waals surface area contributed by atoms with E-state index in [9.17, 15) is 9.59 Å². The zero-order valence-electron chi connectivity index (χ0n) is 14.2. The smallest absolute Gasteiger partial charge is 0.257 e. The van der Waals surface area contributed by atoms with Gasteiger partial charge < -0.3 is 14.7 Å². The third-order valence-electron chi connectivity index (χ3n) is 4.90. The van der Waals surface area contributed by atoms with Gasteiger partial charge in [-0.2, -0.15) is 0 Å². The minimum Gasteiger partial charge on any atom is -0.364 e. The molecule has 1 N–H and O–H groups in total. The summed E-state index contributed by atoms with van der Waals surface area (Å²) in [4.78, 5) is 27.2. The van der Waals surface area contributed by atoms with Gasteiger partial charge in [-0.25, -0.2) is 0 Å². The molecule has 0 spiro atoms. The highest BCUT2D eigenvalue weighted by Crippen LogP contribution is 2.40. The summed E-state index contributed by atoms with van der Waals surface area (Å²) in [6.07, 6.45) is 4.96. The molecule has 1 aliphatic carbocycles. The first kappa shape index (κ1) is 15.9. The predicted octanol–water partition coefficient (Wildman–Crippen LogP) is 2.79. The Morgan fingerprint density at radius 1 is 1.24 bits per heavy atom. The molecule has 0 bridgehead atoms. The molecule has 25 heavy (non-hydrogen) atoms. The lowest BCUT2D eigenvalue weighted by molar-refractivity contribution is -0.121. The fourth-order valence-electron chi connectivity index (χ4n) is 3.29. The van der Waals surface area contributed by atoms with Crippen LogP contribution in [-0.4, -0.2) is 29.6 Å². The first-order valence-corrected chi connectivity index (χ1v) is 8.76. The summed E-state index contributed by atoms with van der Waals surface area (Å²) < 4.78 is 4.98. The zero-order valence-corrected chi connectivity index (χ0v) is 14.2. The van der Waals surface area contributed by atoms with Gasteiger partial charge in [-0.15, -0.1) is 0 Å². The lowest BCUT2D eigenvalue weighted by Gasteiger charge is -2.32. The maximum atomic E-state index is 12.8. The van der Waals surface area contributed by atoms with Crippen molar-refractivity contribution < 1.29 is 14.1 Å². The van der Waals surface area contributed by atoms with Crippen LogP contribution < -0.4 is 10.2 Å². The molecular formula is C19H21N3O3. The Hall–Kier alpha value is -2.63. The lowest BCUT2D eigenvalue weighted by Crippen LogP contribution is -2.52.